The smallest absolute Gasteiger partial charge is 0.229 e. The Labute approximate surface area is 171 Å². The van der Waals surface area contributed by atoms with Gasteiger partial charge in [-0.15, -0.1) is 0 Å². The zero-order chi connectivity index (χ0) is 21.0. The maximum atomic E-state index is 13.4. The van der Waals surface area contributed by atoms with Gasteiger partial charge < -0.3 is 10.1 Å². The summed E-state index contributed by atoms with van der Waals surface area (Å²) in [6.07, 6.45) is 1.46. The molecule has 2 fully saturated rings. The molecule has 1 N–H and O–H groups in total. The number of benzene rings is 1. The number of aryl methyl sites for hydroxylation is 2. The molecular formula is C22H18F2N4O2. The van der Waals surface area contributed by atoms with Gasteiger partial charge in [-0.3, -0.25) is 4.79 Å². The first-order chi connectivity index (χ1) is 14.4. The van der Waals surface area contributed by atoms with Gasteiger partial charge in [-0.2, -0.15) is 13.8 Å². The van der Waals surface area contributed by atoms with Crippen LogP contribution in [0.4, 0.5) is 14.5 Å². The van der Waals surface area contributed by atoms with E-state index in [1.165, 1.54) is 0 Å². The lowest BCUT2D eigenvalue weighted by atomic mass is 9.94. The van der Waals surface area contributed by atoms with Crippen LogP contribution in [0.15, 0.2) is 48.7 Å². The van der Waals surface area contributed by atoms with Crippen molar-refractivity contribution >= 4 is 11.6 Å². The number of anilines is 1. The molecule has 1 amide bonds. The van der Waals surface area contributed by atoms with Gasteiger partial charge in [0.05, 0.1) is 23.2 Å². The highest BCUT2D eigenvalue weighted by molar-refractivity contribution is 5.99. The fourth-order valence-corrected chi connectivity index (χ4v) is 4.46. The summed E-state index contributed by atoms with van der Waals surface area (Å²) in [6.45, 7) is 3.66. The van der Waals surface area contributed by atoms with Gasteiger partial charge >= 0.3 is 0 Å². The standard InChI is InChI=1S/C22H18F2N4O2/c1-11-15(10-25-12(2)26-11)30-20-18-19(22(18,20)13-6-4-3-5-7-13)21(29)27-14-8-16(23)28-17(24)9-14/h3-10,18-20H,1-2H3,(H,27,28,29)/t18?,19-,20?,22-/m0/s1. The first-order valence-electron chi connectivity index (χ1n) is 9.57. The third kappa shape index (κ3) is 2.82. The van der Waals surface area contributed by atoms with Crippen LogP contribution in [0.2, 0.25) is 0 Å². The van der Waals surface area contributed by atoms with E-state index in [4.69, 9.17) is 4.74 Å². The molecule has 0 radical (unpaired) electrons. The van der Waals surface area contributed by atoms with Crippen molar-refractivity contribution in [2.75, 3.05) is 5.32 Å². The largest absolute Gasteiger partial charge is 0.486 e. The number of hydrogen-bond donors (Lipinski definition) is 1. The highest BCUT2D eigenvalue weighted by Crippen LogP contribution is 2.80. The Morgan fingerprint density at radius 1 is 1.10 bits per heavy atom. The van der Waals surface area contributed by atoms with Crippen LogP contribution in [0.5, 0.6) is 5.75 Å². The normalized spacial score (nSPS) is 25.9. The van der Waals surface area contributed by atoms with Crippen LogP contribution in [0.3, 0.4) is 0 Å². The van der Waals surface area contributed by atoms with Gasteiger partial charge in [-0.05, 0) is 19.4 Å². The van der Waals surface area contributed by atoms with Gasteiger partial charge in [-0.1, -0.05) is 30.3 Å². The average molecular weight is 408 g/mol. The van der Waals surface area contributed by atoms with E-state index >= 15 is 0 Å². The van der Waals surface area contributed by atoms with Crippen LogP contribution in [0.1, 0.15) is 17.1 Å². The quantitative estimate of drug-likeness (QED) is 0.655. The maximum absolute atomic E-state index is 13.4. The summed E-state index contributed by atoms with van der Waals surface area (Å²) in [5.74, 6) is -1.41. The van der Waals surface area contributed by atoms with Crippen molar-refractivity contribution in [2.45, 2.75) is 25.4 Å². The van der Waals surface area contributed by atoms with E-state index in [9.17, 15) is 13.6 Å². The summed E-state index contributed by atoms with van der Waals surface area (Å²) < 4.78 is 32.9. The van der Waals surface area contributed by atoms with Gasteiger partial charge in [0.2, 0.25) is 17.8 Å². The summed E-state index contributed by atoms with van der Waals surface area (Å²) in [6, 6.07) is 11.7. The van der Waals surface area contributed by atoms with E-state index in [2.05, 4.69) is 20.3 Å². The minimum absolute atomic E-state index is 0.0304. The van der Waals surface area contributed by atoms with Gasteiger partial charge in [0, 0.05) is 23.7 Å². The molecule has 2 unspecified atom stereocenters. The number of nitrogens with zero attached hydrogens (tertiary/aromatic N) is 3. The average Bonchev–Trinajstić information content (AvgIpc) is 3.55. The Morgan fingerprint density at radius 3 is 2.47 bits per heavy atom. The molecule has 0 bridgehead atoms. The van der Waals surface area contributed by atoms with E-state index in [1.54, 1.807) is 6.20 Å². The van der Waals surface area contributed by atoms with Crippen LogP contribution < -0.4 is 10.1 Å². The molecule has 2 aromatic heterocycles. The lowest BCUT2D eigenvalue weighted by molar-refractivity contribution is -0.119. The fraction of sp³-hybridized carbons (Fsp3) is 0.273. The van der Waals surface area contributed by atoms with E-state index < -0.39 is 17.3 Å². The second-order valence-corrected chi connectivity index (χ2v) is 7.70. The molecular weight excluding hydrogens is 390 g/mol. The summed E-state index contributed by atoms with van der Waals surface area (Å²) in [4.78, 5) is 24.4. The number of pyridine rings is 1. The van der Waals surface area contributed by atoms with E-state index in [0.717, 1.165) is 23.4 Å². The predicted octanol–water partition coefficient (Wildman–Crippen LogP) is 3.35. The fourth-order valence-electron chi connectivity index (χ4n) is 4.46. The zero-order valence-electron chi connectivity index (χ0n) is 16.3. The lowest BCUT2D eigenvalue weighted by Crippen LogP contribution is -2.31. The molecule has 0 spiro atoms. The molecule has 0 aliphatic heterocycles. The molecule has 1 aromatic carbocycles. The molecule has 4 atom stereocenters. The van der Waals surface area contributed by atoms with Crippen molar-refractivity contribution in [3.05, 3.63) is 77.6 Å². The van der Waals surface area contributed by atoms with Gasteiger partial charge in [0.25, 0.3) is 0 Å². The van der Waals surface area contributed by atoms with Crippen molar-refractivity contribution in [1.82, 2.24) is 15.0 Å². The molecule has 0 saturated heterocycles. The topological polar surface area (TPSA) is 77.0 Å². The Bertz CT molecular complexity index is 1140. The Balaban J connectivity index is 1.39. The van der Waals surface area contributed by atoms with Crippen molar-refractivity contribution in [3.63, 3.8) is 0 Å². The highest BCUT2D eigenvalue weighted by atomic mass is 19.1. The first kappa shape index (κ1) is 18.6. The molecule has 8 heteroatoms. The third-order valence-electron chi connectivity index (χ3n) is 5.90. The Kier molecular flexibility index (Phi) is 4.06. The highest BCUT2D eigenvalue weighted by Gasteiger charge is 2.91. The van der Waals surface area contributed by atoms with Crippen LogP contribution >= 0.6 is 0 Å². The SMILES string of the molecule is Cc1ncc(OC2C3[C@@H](C(=O)Nc4cc(F)nc(F)c4)[C@@]23c2ccccc2)c(C)n1. The maximum Gasteiger partial charge on any atom is 0.229 e. The minimum atomic E-state index is -0.986. The van der Waals surface area contributed by atoms with Crippen LogP contribution in [0.25, 0.3) is 0 Å². The number of amides is 1. The Hall–Kier alpha value is -3.42. The number of carbonyl (C=O) groups excluding carboxylic acids is 1. The molecule has 3 aromatic rings. The second-order valence-electron chi connectivity index (χ2n) is 7.70. The molecule has 2 saturated carbocycles. The monoisotopic (exact) mass is 408 g/mol. The Morgan fingerprint density at radius 2 is 1.80 bits per heavy atom. The molecule has 2 aliphatic carbocycles. The van der Waals surface area contributed by atoms with E-state index in [-0.39, 0.29) is 29.5 Å². The first-order valence-corrected chi connectivity index (χ1v) is 9.57. The molecule has 152 valence electrons. The number of nitrogens with one attached hydrogen (secondary N) is 1. The summed E-state index contributed by atoms with van der Waals surface area (Å²) in [5, 5.41) is 2.60. The number of carbonyl (C=O) groups is 1. The molecule has 6 nitrogen and oxygen atoms in total. The van der Waals surface area contributed by atoms with Crippen molar-refractivity contribution in [2.24, 2.45) is 11.8 Å². The summed E-state index contributed by atoms with van der Waals surface area (Å²) in [5.41, 5.74) is 1.31. The van der Waals surface area contributed by atoms with E-state index in [0.29, 0.717) is 11.6 Å². The van der Waals surface area contributed by atoms with Gasteiger partial charge in [0.1, 0.15) is 11.9 Å². The number of rotatable bonds is 5. The number of fused-ring (bicyclic) bond motifs is 1. The van der Waals surface area contributed by atoms with Gasteiger partial charge in [0.15, 0.2) is 5.75 Å². The zero-order valence-corrected chi connectivity index (χ0v) is 16.3. The van der Waals surface area contributed by atoms with Crippen LogP contribution in [0, 0.1) is 37.6 Å². The molecule has 30 heavy (non-hydrogen) atoms. The third-order valence-corrected chi connectivity index (χ3v) is 5.90. The number of halogens is 2. The van der Waals surface area contributed by atoms with Crippen molar-refractivity contribution in [1.29, 1.82) is 0 Å². The summed E-state index contributed by atoms with van der Waals surface area (Å²) >= 11 is 0. The number of ether oxygens (including phenoxy) is 1. The predicted molar refractivity (Wildman–Crippen MR) is 104 cm³/mol. The summed E-state index contributed by atoms with van der Waals surface area (Å²) in [7, 11) is 0. The minimum Gasteiger partial charge on any atom is -0.486 e. The number of hydrogen-bond acceptors (Lipinski definition) is 5. The molecule has 2 aliphatic rings. The van der Waals surface area contributed by atoms with Crippen molar-refractivity contribution in [3.8, 4) is 5.75 Å². The lowest BCUT2D eigenvalue weighted by Gasteiger charge is -2.21. The van der Waals surface area contributed by atoms with E-state index in [1.807, 2.05) is 44.2 Å². The van der Waals surface area contributed by atoms with Crippen molar-refractivity contribution < 1.29 is 18.3 Å². The van der Waals surface area contributed by atoms with Gasteiger partial charge in [-0.25, -0.2) is 9.97 Å². The molecule has 5 rings (SSSR count). The van der Waals surface area contributed by atoms with Crippen LogP contribution in [-0.4, -0.2) is 27.0 Å². The van der Waals surface area contributed by atoms with Crippen LogP contribution in [-0.2, 0) is 10.2 Å². The molecule has 2 heterocycles. The number of aromatic nitrogens is 3. The second kappa shape index (κ2) is 6.55.